The van der Waals surface area contributed by atoms with Gasteiger partial charge in [0, 0.05) is 0 Å². The fraction of sp³-hybridized carbons (Fsp3) is 0.944. The number of rotatable bonds is 10. The van der Waals surface area contributed by atoms with Gasteiger partial charge in [-0.3, -0.25) is 0 Å². The van der Waals surface area contributed by atoms with Crippen LogP contribution in [0.3, 0.4) is 0 Å². The van der Waals surface area contributed by atoms with Crippen LogP contribution in [0.2, 0.25) is 0 Å². The van der Waals surface area contributed by atoms with Crippen molar-refractivity contribution in [3.8, 4) is 0 Å². The molecule has 0 radical (unpaired) electrons. The lowest BCUT2D eigenvalue weighted by Gasteiger charge is -2.27. The average Bonchev–Trinajstić information content (AvgIpc) is 2.49. The van der Waals surface area contributed by atoms with Crippen LogP contribution in [0, 0.1) is 17.8 Å². The van der Waals surface area contributed by atoms with Crippen molar-refractivity contribution < 1.29 is 4.90 Å². The maximum Gasteiger partial charge on any atom is 0.0773 e. The molecular formula is C18H36N2. The number of hydrogen-bond donors (Lipinski definition) is 1. The number of unbranched alkanes of at least 4 members (excludes halogenated alkanes) is 8. The van der Waals surface area contributed by atoms with Crippen LogP contribution in [0.4, 0.5) is 0 Å². The van der Waals surface area contributed by atoms with Gasteiger partial charge in [0.05, 0.1) is 19.6 Å². The van der Waals surface area contributed by atoms with Crippen LogP contribution in [0.25, 0.3) is 0 Å². The number of piperidine rings is 1. The molecule has 1 fully saturated rings. The molecule has 0 aromatic heterocycles. The monoisotopic (exact) mass is 280 g/mol. The van der Waals surface area contributed by atoms with Gasteiger partial charge < -0.3 is 16.7 Å². The standard InChI is InChI=1S/C17H35N.CN/c1-3-4-5-6-7-8-9-10-11-14-18-15-12-17(2)13-16-18;1-2/h17H,3-16H2,1-2H3;/q;-1/p+1. The van der Waals surface area contributed by atoms with E-state index in [1.807, 2.05) is 4.90 Å². The van der Waals surface area contributed by atoms with E-state index in [1.165, 1.54) is 90.3 Å². The van der Waals surface area contributed by atoms with Crippen LogP contribution in [0.15, 0.2) is 0 Å². The Kier molecular flexibility index (Phi) is 14.4. The zero-order valence-corrected chi connectivity index (χ0v) is 13.9. The summed E-state index contributed by atoms with van der Waals surface area (Å²) in [6, 6.07) is 0. The largest absolute Gasteiger partial charge is 0.512 e. The smallest absolute Gasteiger partial charge is 0.0773 e. The quantitative estimate of drug-likeness (QED) is 0.476. The second kappa shape index (κ2) is 14.9. The summed E-state index contributed by atoms with van der Waals surface area (Å²) in [5.74, 6) is 0.997. The summed E-state index contributed by atoms with van der Waals surface area (Å²) in [4.78, 5) is 1.89. The van der Waals surface area contributed by atoms with Crippen LogP contribution in [-0.4, -0.2) is 19.6 Å². The fourth-order valence-electron chi connectivity index (χ4n) is 3.11. The van der Waals surface area contributed by atoms with Gasteiger partial charge in [-0.2, -0.15) is 0 Å². The van der Waals surface area contributed by atoms with Crippen molar-refractivity contribution in [3.05, 3.63) is 6.57 Å². The Morgan fingerprint density at radius 3 is 1.80 bits per heavy atom. The van der Waals surface area contributed by atoms with Gasteiger partial charge in [-0.25, -0.2) is 0 Å². The van der Waals surface area contributed by atoms with E-state index in [0.29, 0.717) is 0 Å². The van der Waals surface area contributed by atoms with Gasteiger partial charge in [-0.15, -0.1) is 0 Å². The molecule has 2 heteroatoms. The zero-order chi connectivity index (χ0) is 15.1. The molecule has 1 heterocycles. The molecule has 1 rings (SSSR count). The van der Waals surface area contributed by atoms with Crippen molar-refractivity contribution >= 4 is 0 Å². The Bertz CT molecular complexity index is 205. The molecule has 0 atom stereocenters. The molecule has 118 valence electrons. The predicted molar refractivity (Wildman–Crippen MR) is 86.2 cm³/mol. The molecule has 0 amide bonds. The molecular weight excluding hydrogens is 244 g/mol. The summed E-state index contributed by atoms with van der Waals surface area (Å²) in [6.07, 6.45) is 16.1. The maximum absolute atomic E-state index is 6.25. The molecule has 0 saturated carbocycles. The van der Waals surface area contributed by atoms with Crippen LogP contribution in [0.5, 0.6) is 0 Å². The predicted octanol–water partition coefficient (Wildman–Crippen LogP) is 3.93. The summed E-state index contributed by atoms with van der Waals surface area (Å²) in [7, 11) is 0. The molecule has 0 unspecified atom stereocenters. The molecule has 0 bridgehead atoms. The van der Waals surface area contributed by atoms with E-state index >= 15 is 0 Å². The number of hydrogen-bond acceptors (Lipinski definition) is 1. The van der Waals surface area contributed by atoms with Crippen molar-refractivity contribution in [3.63, 3.8) is 0 Å². The van der Waals surface area contributed by atoms with E-state index in [9.17, 15) is 0 Å². The molecule has 1 N–H and O–H groups in total. The van der Waals surface area contributed by atoms with Gasteiger partial charge in [-0.1, -0.05) is 58.8 Å². The molecule has 1 aliphatic heterocycles. The second-order valence-corrected chi connectivity index (χ2v) is 6.51. The first-order valence-corrected chi connectivity index (χ1v) is 8.89. The highest BCUT2D eigenvalue weighted by Gasteiger charge is 2.17. The Labute approximate surface area is 127 Å². The third kappa shape index (κ3) is 11.3. The Hall–Kier alpha value is -0.550. The molecule has 2 nitrogen and oxygen atoms in total. The molecule has 0 aromatic carbocycles. The SMILES string of the molecule is CCCCCCCCCCC[NH+]1CCC(C)CC1.[C-]#N. The summed E-state index contributed by atoms with van der Waals surface area (Å²) in [5.41, 5.74) is 0. The minimum atomic E-state index is 0.997. The first-order valence-electron chi connectivity index (χ1n) is 8.89. The number of nitrogens with one attached hydrogen (secondary N) is 1. The van der Waals surface area contributed by atoms with Crippen LogP contribution in [-0.2, 0) is 0 Å². The van der Waals surface area contributed by atoms with E-state index in [-0.39, 0.29) is 0 Å². The maximum atomic E-state index is 6.25. The number of nitrogens with zero attached hydrogens (tertiary/aromatic N) is 1. The highest BCUT2D eigenvalue weighted by atomic mass is 15.1. The van der Waals surface area contributed by atoms with Crippen molar-refractivity contribution in [2.24, 2.45) is 5.92 Å². The zero-order valence-electron chi connectivity index (χ0n) is 13.9. The Morgan fingerprint density at radius 2 is 1.30 bits per heavy atom. The summed E-state index contributed by atoms with van der Waals surface area (Å²) < 4.78 is 0. The van der Waals surface area contributed by atoms with Gasteiger partial charge in [-0.05, 0) is 31.6 Å². The minimum absolute atomic E-state index is 0.997. The van der Waals surface area contributed by atoms with E-state index < -0.39 is 0 Å². The molecule has 0 aromatic rings. The van der Waals surface area contributed by atoms with E-state index in [2.05, 4.69) is 13.8 Å². The van der Waals surface area contributed by atoms with Crippen LogP contribution >= 0.6 is 0 Å². The van der Waals surface area contributed by atoms with E-state index in [1.54, 1.807) is 0 Å². The summed E-state index contributed by atoms with van der Waals surface area (Å²) >= 11 is 0. The molecule has 1 aliphatic rings. The second-order valence-electron chi connectivity index (χ2n) is 6.51. The Morgan fingerprint density at radius 1 is 0.850 bits per heavy atom. The number of quaternary nitrogens is 1. The van der Waals surface area contributed by atoms with Crippen LogP contribution in [0.1, 0.15) is 84.5 Å². The Balaban J connectivity index is 0.00000172. The number of likely N-dealkylation sites (tertiary alicyclic amines) is 1. The summed E-state index contributed by atoms with van der Waals surface area (Å²) in [5, 5.41) is 6.25. The summed E-state index contributed by atoms with van der Waals surface area (Å²) in [6.45, 7) is 13.8. The van der Waals surface area contributed by atoms with Gasteiger partial charge in [0.1, 0.15) is 0 Å². The van der Waals surface area contributed by atoms with Gasteiger partial charge in [0.2, 0.25) is 0 Å². The van der Waals surface area contributed by atoms with Crippen LogP contribution < -0.4 is 4.90 Å². The molecule has 1 saturated heterocycles. The third-order valence-electron chi connectivity index (χ3n) is 4.62. The van der Waals surface area contributed by atoms with E-state index in [4.69, 9.17) is 11.8 Å². The lowest BCUT2D eigenvalue weighted by atomic mass is 9.99. The average molecular weight is 280 g/mol. The minimum Gasteiger partial charge on any atom is -0.512 e. The highest BCUT2D eigenvalue weighted by molar-refractivity contribution is 4.56. The first-order chi connectivity index (χ1) is 9.83. The highest BCUT2D eigenvalue weighted by Crippen LogP contribution is 2.09. The van der Waals surface area contributed by atoms with Crippen molar-refractivity contribution in [1.82, 2.24) is 0 Å². The van der Waals surface area contributed by atoms with Crippen molar-refractivity contribution in [1.29, 1.82) is 5.26 Å². The fourth-order valence-corrected chi connectivity index (χ4v) is 3.11. The third-order valence-corrected chi connectivity index (χ3v) is 4.62. The normalized spacial score (nSPS) is 22.0. The van der Waals surface area contributed by atoms with E-state index in [0.717, 1.165) is 5.92 Å². The topological polar surface area (TPSA) is 28.2 Å². The van der Waals surface area contributed by atoms with Crippen molar-refractivity contribution in [2.75, 3.05) is 19.6 Å². The molecule has 0 aliphatic carbocycles. The van der Waals surface area contributed by atoms with Gasteiger partial charge in [0.15, 0.2) is 0 Å². The molecule has 0 spiro atoms. The van der Waals surface area contributed by atoms with Gasteiger partial charge >= 0.3 is 0 Å². The lowest BCUT2D eigenvalue weighted by Crippen LogP contribution is -3.13. The van der Waals surface area contributed by atoms with Crippen molar-refractivity contribution in [2.45, 2.75) is 84.5 Å². The molecule has 20 heavy (non-hydrogen) atoms. The lowest BCUT2D eigenvalue weighted by molar-refractivity contribution is -0.906. The first kappa shape index (κ1) is 19.4. The van der Waals surface area contributed by atoms with Gasteiger partial charge in [0.25, 0.3) is 0 Å².